The third kappa shape index (κ3) is 3.40. The smallest absolute Gasteiger partial charge is 0.232 e. The van der Waals surface area contributed by atoms with Crippen molar-refractivity contribution in [3.63, 3.8) is 0 Å². The number of aryl methyl sites for hydroxylation is 1. The predicted octanol–water partition coefficient (Wildman–Crippen LogP) is 4.23. The minimum Gasteiger partial charge on any atom is -0.497 e. The Balaban J connectivity index is 1.54. The Morgan fingerprint density at radius 3 is 2.70 bits per heavy atom. The van der Waals surface area contributed by atoms with Crippen LogP contribution in [0.15, 0.2) is 47.0 Å². The van der Waals surface area contributed by atoms with Crippen LogP contribution in [0.2, 0.25) is 5.02 Å². The SMILES string of the molecule is COc1ccc(-c2noc(C3CC(=O)N(c4ccc(C)cc4Cl)C3)n2)cc1. The number of halogens is 1. The van der Waals surface area contributed by atoms with Gasteiger partial charge in [-0.3, -0.25) is 4.79 Å². The van der Waals surface area contributed by atoms with Gasteiger partial charge in [-0.05, 0) is 48.9 Å². The molecule has 3 aromatic rings. The van der Waals surface area contributed by atoms with Crippen molar-refractivity contribution in [3.8, 4) is 17.1 Å². The summed E-state index contributed by atoms with van der Waals surface area (Å²) in [6.45, 7) is 2.43. The van der Waals surface area contributed by atoms with Gasteiger partial charge in [-0.25, -0.2) is 0 Å². The zero-order chi connectivity index (χ0) is 19.0. The number of methoxy groups -OCH3 is 1. The van der Waals surface area contributed by atoms with Crippen molar-refractivity contribution in [1.82, 2.24) is 10.1 Å². The Kier molecular flexibility index (Phi) is 4.58. The molecule has 1 aromatic heterocycles. The summed E-state index contributed by atoms with van der Waals surface area (Å²) in [5.74, 6) is 1.55. The highest BCUT2D eigenvalue weighted by Gasteiger charge is 2.36. The van der Waals surface area contributed by atoms with E-state index in [4.69, 9.17) is 20.9 Å². The first-order chi connectivity index (χ1) is 13.0. The quantitative estimate of drug-likeness (QED) is 0.674. The van der Waals surface area contributed by atoms with Crippen molar-refractivity contribution in [1.29, 1.82) is 0 Å². The molecule has 1 saturated heterocycles. The van der Waals surface area contributed by atoms with Crippen molar-refractivity contribution in [2.75, 3.05) is 18.6 Å². The fourth-order valence-electron chi connectivity index (χ4n) is 3.20. The number of hydrogen-bond acceptors (Lipinski definition) is 5. The molecule has 1 aliphatic heterocycles. The van der Waals surface area contributed by atoms with Crippen molar-refractivity contribution < 1.29 is 14.1 Å². The van der Waals surface area contributed by atoms with Crippen LogP contribution in [0.25, 0.3) is 11.4 Å². The number of anilines is 1. The van der Waals surface area contributed by atoms with Crippen LogP contribution in [0.4, 0.5) is 5.69 Å². The van der Waals surface area contributed by atoms with Crippen LogP contribution in [0.5, 0.6) is 5.75 Å². The summed E-state index contributed by atoms with van der Waals surface area (Å²) in [6.07, 6.45) is 0.314. The predicted molar refractivity (Wildman–Crippen MR) is 102 cm³/mol. The maximum Gasteiger partial charge on any atom is 0.232 e. The molecular formula is C20H18ClN3O3. The van der Waals surface area contributed by atoms with Gasteiger partial charge in [0.2, 0.25) is 17.6 Å². The van der Waals surface area contributed by atoms with Gasteiger partial charge >= 0.3 is 0 Å². The van der Waals surface area contributed by atoms with E-state index >= 15 is 0 Å². The van der Waals surface area contributed by atoms with E-state index in [9.17, 15) is 4.79 Å². The van der Waals surface area contributed by atoms with Crippen molar-refractivity contribution in [2.24, 2.45) is 0 Å². The number of ether oxygens (including phenoxy) is 1. The molecular weight excluding hydrogens is 366 g/mol. The van der Waals surface area contributed by atoms with Crippen LogP contribution in [0.1, 0.15) is 23.8 Å². The molecule has 0 bridgehead atoms. The van der Waals surface area contributed by atoms with E-state index < -0.39 is 0 Å². The van der Waals surface area contributed by atoms with E-state index in [0.29, 0.717) is 35.4 Å². The zero-order valence-corrected chi connectivity index (χ0v) is 15.7. The lowest BCUT2D eigenvalue weighted by Gasteiger charge is -2.18. The second kappa shape index (κ2) is 7.04. The van der Waals surface area contributed by atoms with Crippen molar-refractivity contribution in [2.45, 2.75) is 19.3 Å². The highest BCUT2D eigenvalue weighted by molar-refractivity contribution is 6.34. The molecule has 7 heteroatoms. The molecule has 0 saturated carbocycles. The maximum absolute atomic E-state index is 12.5. The molecule has 1 atom stereocenters. The van der Waals surface area contributed by atoms with E-state index in [1.54, 1.807) is 12.0 Å². The van der Waals surface area contributed by atoms with Gasteiger partial charge in [-0.15, -0.1) is 0 Å². The first-order valence-electron chi connectivity index (χ1n) is 8.59. The van der Waals surface area contributed by atoms with Crippen LogP contribution >= 0.6 is 11.6 Å². The fourth-order valence-corrected chi connectivity index (χ4v) is 3.53. The Hall–Kier alpha value is -2.86. The molecule has 1 aliphatic rings. The van der Waals surface area contributed by atoms with Crippen molar-refractivity contribution >= 4 is 23.2 Å². The highest BCUT2D eigenvalue weighted by Crippen LogP contribution is 2.35. The lowest BCUT2D eigenvalue weighted by atomic mass is 10.1. The second-order valence-electron chi connectivity index (χ2n) is 6.54. The Morgan fingerprint density at radius 2 is 2.00 bits per heavy atom. The Labute approximate surface area is 161 Å². The van der Waals surface area contributed by atoms with E-state index in [1.165, 1.54) is 0 Å². The average molecular weight is 384 g/mol. The molecule has 2 aromatic carbocycles. The molecule has 0 radical (unpaired) electrons. The summed E-state index contributed by atoms with van der Waals surface area (Å²) in [4.78, 5) is 18.7. The van der Waals surface area contributed by atoms with Gasteiger partial charge < -0.3 is 14.2 Å². The molecule has 4 rings (SSSR count). The molecule has 2 heterocycles. The standard InChI is InChI=1S/C20H18ClN3O3/c1-12-3-8-17(16(21)9-12)24-11-14(10-18(24)25)20-22-19(23-27-20)13-4-6-15(26-2)7-5-13/h3-9,14H,10-11H2,1-2H3. The first-order valence-corrected chi connectivity index (χ1v) is 8.97. The summed E-state index contributed by atoms with van der Waals surface area (Å²) in [5, 5.41) is 4.62. The zero-order valence-electron chi connectivity index (χ0n) is 15.0. The van der Waals surface area contributed by atoms with Gasteiger partial charge in [0.05, 0.1) is 23.7 Å². The first kappa shape index (κ1) is 17.5. The molecule has 0 N–H and O–H groups in total. The van der Waals surface area contributed by atoms with Crippen LogP contribution in [0, 0.1) is 6.92 Å². The summed E-state index contributed by atoms with van der Waals surface area (Å²) < 4.78 is 10.6. The van der Waals surface area contributed by atoms with E-state index in [-0.39, 0.29) is 11.8 Å². The van der Waals surface area contributed by atoms with Crippen LogP contribution < -0.4 is 9.64 Å². The highest BCUT2D eigenvalue weighted by atomic mass is 35.5. The van der Waals surface area contributed by atoms with Crippen molar-refractivity contribution in [3.05, 3.63) is 58.9 Å². The third-order valence-corrected chi connectivity index (χ3v) is 4.96. The third-order valence-electron chi connectivity index (χ3n) is 4.66. The Morgan fingerprint density at radius 1 is 1.22 bits per heavy atom. The number of hydrogen-bond donors (Lipinski definition) is 0. The largest absolute Gasteiger partial charge is 0.497 e. The number of carbonyl (C=O) groups is 1. The number of nitrogens with zero attached hydrogens (tertiary/aromatic N) is 3. The molecule has 1 unspecified atom stereocenters. The topological polar surface area (TPSA) is 68.5 Å². The summed E-state index contributed by atoms with van der Waals surface area (Å²) in [7, 11) is 1.62. The summed E-state index contributed by atoms with van der Waals surface area (Å²) in [5.41, 5.74) is 2.59. The lowest BCUT2D eigenvalue weighted by Crippen LogP contribution is -2.24. The number of rotatable bonds is 4. The molecule has 0 spiro atoms. The molecule has 27 heavy (non-hydrogen) atoms. The van der Waals surface area contributed by atoms with Crippen LogP contribution in [-0.2, 0) is 4.79 Å². The van der Waals surface area contributed by atoms with Gasteiger partial charge in [-0.2, -0.15) is 4.98 Å². The van der Waals surface area contributed by atoms with Gasteiger partial charge in [0.15, 0.2) is 0 Å². The molecule has 1 amide bonds. The number of benzene rings is 2. The minimum atomic E-state index is -0.158. The van der Waals surface area contributed by atoms with Gasteiger partial charge in [0.1, 0.15) is 5.75 Å². The number of amides is 1. The van der Waals surface area contributed by atoms with Crippen LogP contribution in [-0.4, -0.2) is 29.7 Å². The maximum atomic E-state index is 12.5. The van der Waals surface area contributed by atoms with Gasteiger partial charge in [0, 0.05) is 18.5 Å². The molecule has 1 fully saturated rings. The number of carbonyl (C=O) groups excluding carboxylic acids is 1. The second-order valence-corrected chi connectivity index (χ2v) is 6.95. The Bertz CT molecular complexity index is 984. The van der Waals surface area contributed by atoms with Crippen LogP contribution in [0.3, 0.4) is 0 Å². The van der Waals surface area contributed by atoms with E-state index in [0.717, 1.165) is 16.9 Å². The molecule has 138 valence electrons. The number of aromatic nitrogens is 2. The van der Waals surface area contributed by atoms with E-state index in [2.05, 4.69) is 10.1 Å². The lowest BCUT2D eigenvalue weighted by molar-refractivity contribution is -0.117. The summed E-state index contributed by atoms with van der Waals surface area (Å²) in [6, 6.07) is 13.1. The molecule has 0 aliphatic carbocycles. The normalized spacial score (nSPS) is 16.8. The fraction of sp³-hybridized carbons (Fsp3) is 0.250. The monoisotopic (exact) mass is 383 g/mol. The minimum absolute atomic E-state index is 0.00468. The van der Waals surface area contributed by atoms with Gasteiger partial charge in [-0.1, -0.05) is 22.8 Å². The molecule has 6 nitrogen and oxygen atoms in total. The van der Waals surface area contributed by atoms with Gasteiger partial charge in [0.25, 0.3) is 0 Å². The average Bonchev–Trinajstić information content (AvgIpc) is 3.29. The van der Waals surface area contributed by atoms with E-state index in [1.807, 2.05) is 49.4 Å². The summed E-state index contributed by atoms with van der Waals surface area (Å²) >= 11 is 6.32.